The van der Waals surface area contributed by atoms with Crippen LogP contribution in [0, 0.1) is 0 Å². The third-order valence-electron chi connectivity index (χ3n) is 1.70. The zero-order valence-corrected chi connectivity index (χ0v) is 9.26. The molecule has 0 amide bonds. The Hall–Kier alpha value is -0.940. The fraction of sp³-hybridized carbons (Fsp3) is 0.125. The van der Waals surface area contributed by atoms with E-state index >= 15 is 0 Å². The molecule has 0 bridgehead atoms. The fourth-order valence-corrected chi connectivity index (χ4v) is 1.56. The molecule has 1 N–H and O–H groups in total. The first kappa shape index (κ1) is 9.61. The van der Waals surface area contributed by atoms with Crippen LogP contribution in [0.2, 0.25) is 0 Å². The molecule has 2 rings (SSSR count). The van der Waals surface area contributed by atoms with Crippen LogP contribution in [0.4, 0.5) is 0 Å². The third-order valence-corrected chi connectivity index (χ3v) is 2.39. The monoisotopic (exact) mass is 273 g/mol. The second kappa shape index (κ2) is 3.67. The number of hydrogen-bond acceptors (Lipinski definition) is 3. The van der Waals surface area contributed by atoms with Crippen molar-refractivity contribution in [1.29, 1.82) is 0 Å². The van der Waals surface area contributed by atoms with Gasteiger partial charge in [0.15, 0.2) is 5.65 Å². The molecule has 6 heteroatoms. The maximum Gasteiger partial charge on any atom is 0.260 e. The van der Waals surface area contributed by atoms with Crippen LogP contribution in [0.25, 0.3) is 11.0 Å². The summed E-state index contributed by atoms with van der Waals surface area (Å²) in [6.45, 7) is 0. The van der Waals surface area contributed by atoms with Gasteiger partial charge in [-0.1, -0.05) is 0 Å². The molecule has 72 valence electrons. The normalized spacial score (nSPS) is 10.7. The van der Waals surface area contributed by atoms with Gasteiger partial charge >= 0.3 is 0 Å². The molecule has 0 saturated carbocycles. The minimum atomic E-state index is -0.223. The van der Waals surface area contributed by atoms with E-state index < -0.39 is 0 Å². The quantitative estimate of drug-likeness (QED) is 0.807. The Morgan fingerprint density at radius 3 is 3.07 bits per heavy atom. The van der Waals surface area contributed by atoms with E-state index in [1.165, 1.54) is 0 Å². The second-order valence-electron chi connectivity index (χ2n) is 2.67. The summed E-state index contributed by atoms with van der Waals surface area (Å²) in [5.74, 6) is 0.599. The van der Waals surface area contributed by atoms with Gasteiger partial charge in [0.1, 0.15) is 5.82 Å². The van der Waals surface area contributed by atoms with Crippen LogP contribution in [0.1, 0.15) is 5.82 Å². The number of pyridine rings is 1. The second-order valence-corrected chi connectivity index (χ2v) is 3.85. The van der Waals surface area contributed by atoms with Crippen LogP contribution >= 0.6 is 27.5 Å². The molecule has 0 unspecified atom stereocenters. The number of hydrogen-bond donors (Lipinski definition) is 1. The number of aromatic nitrogens is 3. The number of rotatable bonds is 1. The van der Waals surface area contributed by atoms with Crippen molar-refractivity contribution < 1.29 is 0 Å². The molecule has 0 aliphatic heterocycles. The van der Waals surface area contributed by atoms with Crippen molar-refractivity contribution in [3.8, 4) is 0 Å². The van der Waals surface area contributed by atoms with Gasteiger partial charge < -0.3 is 4.98 Å². The minimum Gasteiger partial charge on any atom is -0.309 e. The molecule has 2 aromatic rings. The minimum absolute atomic E-state index is 0.170. The van der Waals surface area contributed by atoms with Crippen molar-refractivity contribution in [2.45, 2.75) is 5.88 Å². The predicted octanol–water partition coefficient (Wildman–Crippen LogP) is 1.82. The molecule has 0 aliphatic rings. The van der Waals surface area contributed by atoms with Crippen molar-refractivity contribution in [3.63, 3.8) is 0 Å². The Kier molecular flexibility index (Phi) is 2.52. The molecule has 0 atom stereocenters. The molecule has 2 aromatic heterocycles. The summed E-state index contributed by atoms with van der Waals surface area (Å²) in [6, 6.07) is 1.67. The predicted molar refractivity (Wildman–Crippen MR) is 57.4 cm³/mol. The first-order valence-corrected chi connectivity index (χ1v) is 5.14. The molecule has 4 nitrogen and oxygen atoms in total. The van der Waals surface area contributed by atoms with Crippen molar-refractivity contribution in [2.24, 2.45) is 0 Å². The molecule has 0 spiro atoms. The number of alkyl halides is 1. The van der Waals surface area contributed by atoms with Crippen molar-refractivity contribution in [2.75, 3.05) is 0 Å². The zero-order valence-electron chi connectivity index (χ0n) is 6.92. The summed E-state index contributed by atoms with van der Waals surface area (Å²) in [4.78, 5) is 22.2. The number of nitrogens with zero attached hydrogens (tertiary/aromatic N) is 2. The van der Waals surface area contributed by atoms with Gasteiger partial charge in [0.2, 0.25) is 0 Å². The van der Waals surface area contributed by atoms with Gasteiger partial charge in [0, 0.05) is 10.7 Å². The number of fused-ring (bicyclic) bond motifs is 1. The first-order valence-electron chi connectivity index (χ1n) is 3.81. The van der Waals surface area contributed by atoms with E-state index in [1.807, 2.05) is 0 Å². The molecule has 0 aromatic carbocycles. The Labute approximate surface area is 92.5 Å². The molecular weight excluding hydrogens is 269 g/mol. The van der Waals surface area contributed by atoms with Gasteiger partial charge in [-0.25, -0.2) is 9.97 Å². The van der Waals surface area contributed by atoms with Crippen molar-refractivity contribution in [1.82, 2.24) is 15.0 Å². The van der Waals surface area contributed by atoms with Crippen LogP contribution in [0.5, 0.6) is 0 Å². The summed E-state index contributed by atoms with van der Waals surface area (Å²) < 4.78 is 0.746. The zero-order chi connectivity index (χ0) is 10.1. The lowest BCUT2D eigenvalue weighted by molar-refractivity contribution is 1.02. The highest BCUT2D eigenvalue weighted by atomic mass is 79.9. The standard InChI is InChI=1S/C8H5BrClN3O/c9-4-1-5-7(11-3-4)12-6(2-10)13-8(5)14/h1,3H,2H2,(H,11,12,13,14). The lowest BCUT2D eigenvalue weighted by Gasteiger charge is -1.98. The lowest BCUT2D eigenvalue weighted by Crippen LogP contribution is -2.11. The van der Waals surface area contributed by atoms with E-state index in [0.717, 1.165) is 4.47 Å². The summed E-state index contributed by atoms with van der Waals surface area (Å²) >= 11 is 8.79. The topological polar surface area (TPSA) is 58.6 Å². The van der Waals surface area contributed by atoms with Gasteiger partial charge in [-0.2, -0.15) is 0 Å². The number of H-pyrrole nitrogens is 1. The van der Waals surface area contributed by atoms with Crippen LogP contribution in [0.3, 0.4) is 0 Å². The average molecular weight is 275 g/mol. The summed E-state index contributed by atoms with van der Waals surface area (Å²) in [6.07, 6.45) is 1.59. The van der Waals surface area contributed by atoms with Gasteiger partial charge in [0.05, 0.1) is 11.3 Å². The largest absolute Gasteiger partial charge is 0.309 e. The Balaban J connectivity index is 2.83. The summed E-state index contributed by atoms with van der Waals surface area (Å²) in [7, 11) is 0. The molecule has 0 aliphatic carbocycles. The smallest absolute Gasteiger partial charge is 0.260 e. The number of nitrogens with one attached hydrogen (secondary N) is 1. The Morgan fingerprint density at radius 2 is 2.36 bits per heavy atom. The highest BCUT2D eigenvalue weighted by Crippen LogP contribution is 2.12. The number of aromatic amines is 1. The molecule has 2 heterocycles. The maximum atomic E-state index is 11.5. The maximum absolute atomic E-state index is 11.5. The van der Waals surface area contributed by atoms with Gasteiger partial charge in [-0.05, 0) is 22.0 Å². The van der Waals surface area contributed by atoms with Crippen molar-refractivity contribution in [3.05, 3.63) is 32.9 Å². The molecule has 0 radical (unpaired) electrons. The average Bonchev–Trinajstić information content (AvgIpc) is 2.19. The van der Waals surface area contributed by atoms with E-state index in [1.54, 1.807) is 12.3 Å². The van der Waals surface area contributed by atoms with E-state index in [-0.39, 0.29) is 11.4 Å². The highest BCUT2D eigenvalue weighted by Gasteiger charge is 2.04. The van der Waals surface area contributed by atoms with Crippen molar-refractivity contribution >= 4 is 38.6 Å². The SMILES string of the molecule is O=c1[nH]c(CCl)nc2ncc(Br)cc12. The molecule has 14 heavy (non-hydrogen) atoms. The fourth-order valence-electron chi connectivity index (χ4n) is 1.11. The lowest BCUT2D eigenvalue weighted by atomic mass is 10.3. The van der Waals surface area contributed by atoms with Gasteiger partial charge in [-0.3, -0.25) is 4.79 Å². The highest BCUT2D eigenvalue weighted by molar-refractivity contribution is 9.10. The first-order chi connectivity index (χ1) is 6.70. The van der Waals surface area contributed by atoms with Gasteiger partial charge in [-0.15, -0.1) is 11.6 Å². The molecular formula is C8H5BrClN3O. The molecule has 0 saturated heterocycles. The Morgan fingerprint density at radius 1 is 1.57 bits per heavy atom. The molecule has 0 fully saturated rings. The van der Waals surface area contributed by atoms with Crippen LogP contribution in [-0.4, -0.2) is 15.0 Å². The van der Waals surface area contributed by atoms with Crippen LogP contribution < -0.4 is 5.56 Å². The Bertz CT molecular complexity index is 540. The van der Waals surface area contributed by atoms with E-state index in [0.29, 0.717) is 16.9 Å². The third kappa shape index (κ3) is 1.65. The van der Waals surface area contributed by atoms with E-state index in [2.05, 4.69) is 30.9 Å². The number of halogens is 2. The van der Waals surface area contributed by atoms with Crippen LogP contribution in [-0.2, 0) is 5.88 Å². The van der Waals surface area contributed by atoms with Gasteiger partial charge in [0.25, 0.3) is 5.56 Å². The summed E-state index contributed by atoms with van der Waals surface area (Å²) in [5, 5.41) is 0.452. The van der Waals surface area contributed by atoms with E-state index in [4.69, 9.17) is 11.6 Å². The van der Waals surface area contributed by atoms with E-state index in [9.17, 15) is 4.79 Å². The van der Waals surface area contributed by atoms with Crippen LogP contribution in [0.15, 0.2) is 21.5 Å². The summed E-state index contributed by atoms with van der Waals surface area (Å²) in [5.41, 5.74) is 0.187.